The van der Waals surface area contributed by atoms with E-state index in [-0.39, 0.29) is 4.88 Å². The fourth-order valence-electron chi connectivity index (χ4n) is 1.73. The van der Waals surface area contributed by atoms with Gasteiger partial charge in [-0.05, 0) is 12.1 Å². The molecule has 0 aliphatic heterocycles. The third-order valence-corrected chi connectivity index (χ3v) is 4.01. The molecule has 120 valence electrons. The summed E-state index contributed by atoms with van der Waals surface area (Å²) in [4.78, 5) is 35.9. The highest BCUT2D eigenvalue weighted by molar-refractivity contribution is 7.17. The van der Waals surface area contributed by atoms with Gasteiger partial charge in [-0.3, -0.25) is 10.1 Å². The van der Waals surface area contributed by atoms with Gasteiger partial charge in [-0.2, -0.15) is 0 Å². The Morgan fingerprint density at radius 3 is 2.39 bits per heavy atom. The van der Waals surface area contributed by atoms with E-state index >= 15 is 0 Å². The average molecular weight is 353 g/mol. The number of carbonyl (C=O) groups excluding carboxylic acids is 3. The van der Waals surface area contributed by atoms with E-state index in [2.05, 4.69) is 10.6 Å². The molecule has 1 aromatic carbocycles. The molecule has 8 heteroatoms. The van der Waals surface area contributed by atoms with Gasteiger partial charge in [-0.15, -0.1) is 11.3 Å². The van der Waals surface area contributed by atoms with Crippen LogP contribution in [0.3, 0.4) is 0 Å². The van der Waals surface area contributed by atoms with Gasteiger partial charge >= 0.3 is 12.0 Å². The van der Waals surface area contributed by atoms with Crippen molar-refractivity contribution in [2.75, 3.05) is 7.05 Å². The number of amides is 3. The summed E-state index contributed by atoms with van der Waals surface area (Å²) in [6.07, 6.45) is -1.25. The number of thiophene rings is 1. The number of urea groups is 1. The third kappa shape index (κ3) is 4.54. The number of hydrogen-bond acceptors (Lipinski definition) is 5. The van der Waals surface area contributed by atoms with Crippen molar-refractivity contribution in [1.29, 1.82) is 0 Å². The lowest BCUT2D eigenvalue weighted by atomic mass is 10.1. The number of benzene rings is 1. The summed E-state index contributed by atoms with van der Waals surface area (Å²) in [5.74, 6) is -1.44. The maximum atomic E-state index is 12.2. The van der Waals surface area contributed by atoms with Crippen LogP contribution in [0.2, 0.25) is 4.34 Å². The average Bonchev–Trinajstić information content (AvgIpc) is 2.99. The normalized spacial score (nSPS) is 11.4. The minimum Gasteiger partial charge on any atom is -0.443 e. The van der Waals surface area contributed by atoms with Crippen molar-refractivity contribution in [1.82, 2.24) is 10.6 Å². The van der Waals surface area contributed by atoms with Gasteiger partial charge in [0.05, 0.1) is 4.34 Å². The van der Waals surface area contributed by atoms with Crippen LogP contribution in [-0.4, -0.2) is 25.0 Å². The molecule has 2 rings (SSSR count). The first kappa shape index (κ1) is 17.0. The first-order valence-electron chi connectivity index (χ1n) is 6.55. The molecule has 2 N–H and O–H groups in total. The second-order valence-corrected chi connectivity index (χ2v) is 6.08. The van der Waals surface area contributed by atoms with Crippen molar-refractivity contribution in [3.63, 3.8) is 0 Å². The topological polar surface area (TPSA) is 84.5 Å². The van der Waals surface area contributed by atoms with Crippen LogP contribution in [0.15, 0.2) is 42.5 Å². The molecule has 0 saturated heterocycles. The molecule has 1 aromatic heterocycles. The minimum atomic E-state index is -1.25. The Kier molecular flexibility index (Phi) is 5.72. The number of hydrogen-bond donors (Lipinski definition) is 2. The molecule has 23 heavy (non-hydrogen) atoms. The maximum absolute atomic E-state index is 12.2. The first-order chi connectivity index (χ1) is 11.0. The van der Waals surface area contributed by atoms with E-state index < -0.39 is 24.0 Å². The van der Waals surface area contributed by atoms with E-state index in [9.17, 15) is 14.4 Å². The summed E-state index contributed by atoms with van der Waals surface area (Å²) in [7, 11) is 1.37. The van der Waals surface area contributed by atoms with Gasteiger partial charge in [-0.25, -0.2) is 9.59 Å². The van der Waals surface area contributed by atoms with Crippen LogP contribution < -0.4 is 10.6 Å². The largest absolute Gasteiger partial charge is 0.443 e. The monoisotopic (exact) mass is 352 g/mol. The smallest absolute Gasteiger partial charge is 0.349 e. The molecule has 6 nitrogen and oxygen atoms in total. The second kappa shape index (κ2) is 7.75. The summed E-state index contributed by atoms with van der Waals surface area (Å²) >= 11 is 6.83. The van der Waals surface area contributed by atoms with Crippen LogP contribution in [0.25, 0.3) is 0 Å². The zero-order valence-corrected chi connectivity index (χ0v) is 13.6. The molecule has 0 unspecified atom stereocenters. The molecular weight excluding hydrogens is 340 g/mol. The van der Waals surface area contributed by atoms with Crippen LogP contribution >= 0.6 is 22.9 Å². The Labute approximate surface area is 141 Å². The number of halogens is 1. The molecule has 1 heterocycles. The van der Waals surface area contributed by atoms with Crippen LogP contribution in [0, 0.1) is 0 Å². The number of carbonyl (C=O) groups is 3. The van der Waals surface area contributed by atoms with Crippen LogP contribution in [0.5, 0.6) is 0 Å². The van der Waals surface area contributed by atoms with Gasteiger partial charge in [0.15, 0.2) is 0 Å². The van der Waals surface area contributed by atoms with Crippen molar-refractivity contribution in [2.45, 2.75) is 6.10 Å². The zero-order chi connectivity index (χ0) is 16.8. The predicted molar refractivity (Wildman–Crippen MR) is 86.5 cm³/mol. The summed E-state index contributed by atoms with van der Waals surface area (Å²) < 4.78 is 5.70. The highest BCUT2D eigenvalue weighted by Gasteiger charge is 2.27. The Balaban J connectivity index is 2.21. The molecule has 2 aromatic rings. The van der Waals surface area contributed by atoms with Crippen molar-refractivity contribution in [3.8, 4) is 0 Å². The maximum Gasteiger partial charge on any atom is 0.349 e. The SMILES string of the molecule is CNC(=O)NC(=O)[C@@H](OC(=O)c1ccc(Cl)s1)c1ccccc1. The van der Waals surface area contributed by atoms with E-state index in [1.54, 1.807) is 36.4 Å². The van der Waals surface area contributed by atoms with Crippen LogP contribution in [-0.2, 0) is 9.53 Å². The fourth-order valence-corrected chi connectivity index (χ4v) is 2.66. The van der Waals surface area contributed by atoms with Gasteiger partial charge < -0.3 is 10.1 Å². The Hall–Kier alpha value is -2.38. The third-order valence-electron chi connectivity index (χ3n) is 2.80. The van der Waals surface area contributed by atoms with E-state index in [4.69, 9.17) is 16.3 Å². The second-order valence-electron chi connectivity index (χ2n) is 4.37. The first-order valence-corrected chi connectivity index (χ1v) is 7.74. The number of esters is 1. The highest BCUT2D eigenvalue weighted by Crippen LogP contribution is 2.25. The number of nitrogens with one attached hydrogen (secondary N) is 2. The van der Waals surface area contributed by atoms with E-state index in [1.165, 1.54) is 13.1 Å². The Morgan fingerprint density at radius 2 is 1.83 bits per heavy atom. The fraction of sp³-hybridized carbons (Fsp3) is 0.133. The zero-order valence-electron chi connectivity index (χ0n) is 12.0. The molecule has 0 saturated carbocycles. The van der Waals surface area contributed by atoms with Gasteiger partial charge in [0.1, 0.15) is 4.88 Å². The molecule has 3 amide bonds. The molecule has 0 radical (unpaired) electrons. The summed E-state index contributed by atoms with van der Waals surface area (Å²) in [5.41, 5.74) is 0.449. The molecule has 0 aliphatic carbocycles. The van der Waals surface area contributed by atoms with E-state index in [0.717, 1.165) is 11.3 Å². The van der Waals surface area contributed by atoms with Gasteiger partial charge in [-0.1, -0.05) is 41.9 Å². The van der Waals surface area contributed by atoms with Crippen molar-refractivity contribution >= 4 is 40.8 Å². The standard InChI is InChI=1S/C15H13ClN2O4S/c1-17-15(21)18-13(19)12(9-5-3-2-4-6-9)22-14(20)10-7-8-11(16)23-10/h2-8,12H,1H3,(H2,17,18,19,21)/t12-/m0/s1. The van der Waals surface area contributed by atoms with Crippen molar-refractivity contribution in [3.05, 3.63) is 57.2 Å². The van der Waals surface area contributed by atoms with Crippen molar-refractivity contribution < 1.29 is 19.1 Å². The van der Waals surface area contributed by atoms with Crippen LogP contribution in [0.1, 0.15) is 21.3 Å². The number of imide groups is 1. The lowest BCUT2D eigenvalue weighted by Crippen LogP contribution is -2.41. The predicted octanol–water partition coefficient (Wildman–Crippen LogP) is 2.76. The minimum absolute atomic E-state index is 0.267. The molecule has 0 spiro atoms. The van der Waals surface area contributed by atoms with Crippen molar-refractivity contribution in [2.24, 2.45) is 0 Å². The molecule has 0 fully saturated rings. The highest BCUT2D eigenvalue weighted by atomic mass is 35.5. The Morgan fingerprint density at radius 1 is 1.13 bits per heavy atom. The number of rotatable bonds is 4. The lowest BCUT2D eigenvalue weighted by Gasteiger charge is -2.17. The molecule has 0 aliphatic rings. The quantitative estimate of drug-likeness (QED) is 0.829. The number of ether oxygens (including phenoxy) is 1. The van der Waals surface area contributed by atoms with Gasteiger partial charge in [0.25, 0.3) is 5.91 Å². The summed E-state index contributed by atoms with van der Waals surface area (Å²) in [6.45, 7) is 0. The van der Waals surface area contributed by atoms with Gasteiger partial charge in [0, 0.05) is 12.6 Å². The van der Waals surface area contributed by atoms with E-state index in [1.807, 2.05) is 0 Å². The Bertz CT molecular complexity index is 717. The molecular formula is C15H13ClN2O4S. The van der Waals surface area contributed by atoms with E-state index in [0.29, 0.717) is 9.90 Å². The molecule has 0 bridgehead atoms. The summed E-state index contributed by atoms with van der Waals surface area (Å²) in [6, 6.07) is 10.8. The summed E-state index contributed by atoms with van der Waals surface area (Å²) in [5, 5.41) is 4.37. The lowest BCUT2D eigenvalue weighted by molar-refractivity contribution is -0.129. The van der Waals surface area contributed by atoms with Crippen LogP contribution in [0.4, 0.5) is 4.79 Å². The van der Waals surface area contributed by atoms with Gasteiger partial charge in [0.2, 0.25) is 6.10 Å². The molecule has 1 atom stereocenters.